The van der Waals surface area contributed by atoms with E-state index in [4.69, 9.17) is 22.9 Å². The maximum Gasteiger partial charge on any atom is 0.245 e. The van der Waals surface area contributed by atoms with Gasteiger partial charge in [0, 0.05) is 116 Å². The summed E-state index contributed by atoms with van der Waals surface area (Å²) in [6, 6.07) is 44.3. The number of amides is 14. The summed E-state index contributed by atoms with van der Waals surface area (Å²) in [5, 5.41) is 34.1. The van der Waals surface area contributed by atoms with Crippen LogP contribution < -0.4 is 81.4 Å². The number of nitrogens with one attached hydrogen (secondary N) is 12. The van der Waals surface area contributed by atoms with Crippen molar-refractivity contribution in [3.63, 3.8) is 0 Å². The molecule has 4 aliphatic rings. The van der Waals surface area contributed by atoms with E-state index in [0.717, 1.165) is 55.1 Å². The van der Waals surface area contributed by atoms with E-state index in [9.17, 15) is 67.1 Å². The van der Waals surface area contributed by atoms with Gasteiger partial charge in [-0.05, 0) is 127 Å². The van der Waals surface area contributed by atoms with Gasteiger partial charge in [0.15, 0.2) is 11.9 Å². The normalized spacial score (nSPS) is 21.6. The highest BCUT2D eigenvalue weighted by atomic mass is 16.2. The van der Waals surface area contributed by atoms with Crippen molar-refractivity contribution < 1.29 is 67.1 Å². The van der Waals surface area contributed by atoms with Crippen molar-refractivity contribution >= 4 is 116 Å². The number of carbonyl (C=O) groups excluding carboxylic acids is 14. The maximum atomic E-state index is 14.8. The third-order valence-corrected chi connectivity index (χ3v) is 23.9. The van der Waals surface area contributed by atoms with E-state index in [2.05, 4.69) is 73.5 Å². The summed E-state index contributed by atoms with van der Waals surface area (Å²) in [5.41, 5.74) is 27.6. The van der Waals surface area contributed by atoms with Crippen molar-refractivity contribution in [1.29, 1.82) is 0 Å². The molecule has 14 amide bonds. The summed E-state index contributed by atoms with van der Waals surface area (Å²) in [7, 11) is 1.52. The Labute approximate surface area is 766 Å². The number of H-pyrrole nitrogens is 1. The van der Waals surface area contributed by atoms with Crippen molar-refractivity contribution in [2.45, 2.75) is 202 Å². The molecule has 12 atom stereocenters. The Morgan fingerprint density at radius 2 is 0.818 bits per heavy atom. The Kier molecular flexibility index (Phi) is 36.2. The molecule has 0 spiro atoms. The Hall–Kier alpha value is -14.5. The first-order valence-corrected chi connectivity index (χ1v) is 45.0. The largest absolute Gasteiger partial charge is 0.370 e. The lowest BCUT2D eigenvalue weighted by Crippen LogP contribution is -2.60. The first kappa shape index (κ1) is 98.1. The zero-order chi connectivity index (χ0) is 94.2. The molecule has 12 rings (SSSR count). The molecular formula is C97H121N21O14. The number of likely N-dealkylation sites (N-methyl/N-ethyl adjacent to an activating group) is 1. The van der Waals surface area contributed by atoms with Gasteiger partial charge in [0.05, 0.1) is 0 Å². The van der Waals surface area contributed by atoms with Crippen LogP contribution in [0.3, 0.4) is 0 Å². The van der Waals surface area contributed by atoms with Crippen LogP contribution in [0.1, 0.15) is 124 Å². The predicted octanol–water partition coefficient (Wildman–Crippen LogP) is 2.20. The number of aromatic nitrogens is 1. The van der Waals surface area contributed by atoms with Gasteiger partial charge in [0.1, 0.15) is 72.5 Å². The predicted molar refractivity (Wildman–Crippen MR) is 499 cm³/mol. The molecule has 0 bridgehead atoms. The molecule has 4 fully saturated rings. The number of carbonyl (C=O) groups is 14. The van der Waals surface area contributed by atoms with Gasteiger partial charge in [-0.3, -0.25) is 77.1 Å². The fourth-order valence-electron chi connectivity index (χ4n) is 17.2. The quantitative estimate of drug-likeness (QED) is 0.0210. The number of hydrogen-bond acceptors (Lipinski definition) is 16. The molecule has 0 unspecified atom stereocenters. The third kappa shape index (κ3) is 28.5. The van der Waals surface area contributed by atoms with Crippen LogP contribution in [0.15, 0.2) is 204 Å². The molecule has 0 aliphatic carbocycles. The van der Waals surface area contributed by atoms with Gasteiger partial charge in [-0.2, -0.15) is 0 Å². The summed E-state index contributed by atoms with van der Waals surface area (Å²) < 4.78 is 0. The van der Waals surface area contributed by atoms with Crippen LogP contribution in [-0.4, -0.2) is 233 Å². The molecule has 4 saturated heterocycles. The van der Waals surface area contributed by atoms with Crippen LogP contribution in [0.2, 0.25) is 0 Å². The first-order chi connectivity index (χ1) is 63.6. The molecule has 0 saturated carbocycles. The number of nitrogens with two attached hydrogens (primary N) is 4. The SMILES string of the molecule is CC(=O)N[C@@H](Cc1ccccc1)C(=O)N[C@H]1CCCNC(=O)[C@H](CCCN=C(N)N)NC(=O)[C@H](Cc2c[nH]c3ccccc23)NC(=O)[C@@H](Cc2ccccc2)N(C)C(=O)[C@@H]2CCCN2C1=O.CC(=O)N[C@@H](Cc1ccccc1)C(=O)N[C@H]1CCCNC(=O)[C@H](CCCN=C(N)N)NC(=O)[C@H](Cc2cccc3ccccc23)NC(=O)[C@@H](Cc2ccccc2)NC(=O)[C@@H]2CCCN2C1=O. The monoisotopic (exact) mass is 1800 g/mol. The number of hydrogen-bond donors (Lipinski definition) is 16. The number of rotatable bonds is 26. The van der Waals surface area contributed by atoms with E-state index in [1.807, 2.05) is 188 Å². The lowest BCUT2D eigenvalue weighted by atomic mass is 9.97. The van der Waals surface area contributed by atoms with Gasteiger partial charge < -0.3 is 101 Å². The van der Waals surface area contributed by atoms with E-state index in [-0.39, 0.29) is 128 Å². The second-order valence-electron chi connectivity index (χ2n) is 33.7. The van der Waals surface area contributed by atoms with Crippen LogP contribution in [0.4, 0.5) is 0 Å². The molecule has 5 heterocycles. The van der Waals surface area contributed by atoms with Crippen LogP contribution in [-0.2, 0) is 106 Å². The lowest BCUT2D eigenvalue weighted by Gasteiger charge is -2.35. The number of nitrogens with zero attached hydrogens (tertiary/aromatic N) is 5. The Morgan fingerprint density at radius 1 is 0.409 bits per heavy atom. The average molecular weight is 1810 g/mol. The average Bonchev–Trinajstić information content (AvgIpc) is 1.48. The number of para-hydroxylation sites is 1. The zero-order valence-corrected chi connectivity index (χ0v) is 74.6. The highest BCUT2D eigenvalue weighted by Crippen LogP contribution is 2.28. The first-order valence-electron chi connectivity index (χ1n) is 45.0. The van der Waals surface area contributed by atoms with Crippen LogP contribution >= 0.6 is 0 Å². The van der Waals surface area contributed by atoms with E-state index in [0.29, 0.717) is 38.5 Å². The van der Waals surface area contributed by atoms with Gasteiger partial charge in [0.2, 0.25) is 82.7 Å². The second-order valence-corrected chi connectivity index (χ2v) is 33.7. The Bertz CT molecular complexity index is 5400. The van der Waals surface area contributed by atoms with Gasteiger partial charge in [0.25, 0.3) is 0 Å². The summed E-state index contributed by atoms with van der Waals surface area (Å²) in [6.45, 7) is 3.51. The summed E-state index contributed by atoms with van der Waals surface area (Å²) in [6.07, 6.45) is 5.35. The lowest BCUT2D eigenvalue weighted by molar-refractivity contribution is -0.148. The Morgan fingerprint density at radius 3 is 1.32 bits per heavy atom. The molecular weight excluding hydrogens is 1680 g/mol. The van der Waals surface area contributed by atoms with E-state index in [1.54, 1.807) is 6.20 Å². The molecule has 4 aliphatic heterocycles. The van der Waals surface area contributed by atoms with E-state index < -0.39 is 155 Å². The minimum Gasteiger partial charge on any atom is -0.370 e. The van der Waals surface area contributed by atoms with Crippen molar-refractivity contribution in [2.75, 3.05) is 46.3 Å². The van der Waals surface area contributed by atoms with Gasteiger partial charge >= 0.3 is 0 Å². The van der Waals surface area contributed by atoms with E-state index >= 15 is 0 Å². The van der Waals surface area contributed by atoms with E-state index in [1.165, 1.54) is 35.6 Å². The molecule has 0 radical (unpaired) electrons. The summed E-state index contributed by atoms with van der Waals surface area (Å²) in [5.74, 6) is -7.90. The molecule has 20 N–H and O–H groups in total. The van der Waals surface area contributed by atoms with Gasteiger partial charge in [-0.1, -0.05) is 182 Å². The molecule has 35 heteroatoms. The summed E-state index contributed by atoms with van der Waals surface area (Å²) in [4.78, 5) is 213. The minimum atomic E-state index is -1.19. The number of aromatic amines is 1. The molecule has 132 heavy (non-hydrogen) atoms. The molecule has 1 aromatic heterocycles. The van der Waals surface area contributed by atoms with Gasteiger partial charge in [-0.15, -0.1) is 0 Å². The molecule has 698 valence electrons. The molecule has 7 aromatic carbocycles. The van der Waals surface area contributed by atoms with Crippen molar-refractivity contribution in [3.05, 3.63) is 228 Å². The summed E-state index contributed by atoms with van der Waals surface area (Å²) >= 11 is 0. The fraction of sp³-hybridized carbons (Fsp3) is 0.402. The molecule has 8 aromatic rings. The number of benzene rings is 7. The fourth-order valence-corrected chi connectivity index (χ4v) is 17.2. The Balaban J connectivity index is 0.000000255. The zero-order valence-electron chi connectivity index (χ0n) is 74.6. The van der Waals surface area contributed by atoms with Crippen molar-refractivity contribution in [3.8, 4) is 0 Å². The minimum absolute atomic E-state index is 0.0474. The number of fused-ring (bicyclic) bond motifs is 4. The standard InChI is InChI=1S/C49H60N10O7.C48H61N11O7/c1-31(60)54-39(28-32-14-4-2-5-15-32)44(62)56-38-23-12-25-52-43(61)37(22-11-26-53-49(50)51)55-46(64)41(30-35-20-10-19-34-18-8-9-21-36(34)35)57-45(63)40(29-33-16-6-3-7-17-33)58-47(65)42-24-13-27-59(42)48(38)66;1-30(60)54-38(26-31-14-5-3-6-15-31)43(62)56-37-21-12-23-51-42(61)36(20-11-24-52-48(49)50)55-44(63)39(28-33-29-53-35-19-10-9-18-34(33)35)57-45(64)41(27-32-16-7-4-8-17-32)58(2)47(66)40-22-13-25-59(40)46(37)65/h2-10,14-21,37-42H,11-13,22-30H2,1H3,(H,52,61)(H,54,60)(H,55,64)(H,56,62)(H,57,63)(H,58,65)(H4,50,51,53);3-10,14-19,29,36-41,53H,11-13,20-28H2,1-2H3,(H,51,61)(H,54,60)(H,55,63)(H,56,62)(H,57,64)(H4,49,50,52)/t37-,38-,39-,40+,41-,42-;36-,37-,38-,39-,40-,41+/m00/s1. The van der Waals surface area contributed by atoms with Crippen molar-refractivity contribution in [2.24, 2.45) is 32.9 Å². The smallest absolute Gasteiger partial charge is 0.245 e. The maximum absolute atomic E-state index is 14.8. The van der Waals surface area contributed by atoms with Crippen LogP contribution in [0, 0.1) is 0 Å². The second kappa shape index (κ2) is 48.7. The number of aliphatic imine (C=N–C) groups is 2. The van der Waals surface area contributed by atoms with Crippen LogP contribution in [0.25, 0.3) is 21.7 Å². The third-order valence-electron chi connectivity index (χ3n) is 23.9. The molecule has 35 nitrogen and oxygen atoms in total. The van der Waals surface area contributed by atoms with Crippen LogP contribution in [0.5, 0.6) is 0 Å². The number of guanidine groups is 2. The van der Waals surface area contributed by atoms with Gasteiger partial charge in [-0.25, -0.2) is 0 Å². The highest BCUT2D eigenvalue weighted by Gasteiger charge is 2.45. The topological polar surface area (TPSA) is 526 Å². The highest BCUT2D eigenvalue weighted by molar-refractivity contribution is 6.01. The van der Waals surface area contributed by atoms with Crippen molar-refractivity contribution in [1.82, 2.24) is 78.2 Å².